The number of imide groups is 1. The van der Waals surface area contributed by atoms with Gasteiger partial charge in [0.2, 0.25) is 0 Å². The maximum atomic E-state index is 12.8. The minimum atomic E-state index is -0.800. The summed E-state index contributed by atoms with van der Waals surface area (Å²) in [6.07, 6.45) is -0.403. The minimum absolute atomic E-state index is 0.277. The zero-order chi connectivity index (χ0) is 18.7. The van der Waals surface area contributed by atoms with Crippen molar-refractivity contribution in [3.8, 4) is 11.5 Å². The highest BCUT2D eigenvalue weighted by Crippen LogP contribution is 2.26. The molecule has 0 bridgehead atoms. The molecule has 26 heavy (non-hydrogen) atoms. The second-order valence-corrected chi connectivity index (χ2v) is 5.89. The van der Waals surface area contributed by atoms with Crippen LogP contribution in [0, 0.1) is 0 Å². The van der Waals surface area contributed by atoms with Gasteiger partial charge in [0.1, 0.15) is 11.5 Å². The fourth-order valence-electron chi connectivity index (χ4n) is 2.79. The van der Waals surface area contributed by atoms with Gasteiger partial charge < -0.3 is 9.47 Å². The van der Waals surface area contributed by atoms with Crippen LogP contribution in [-0.4, -0.2) is 42.3 Å². The number of amides is 2. The Hall–Kier alpha value is -3.15. The zero-order valence-electron chi connectivity index (χ0n) is 14.6. The molecule has 0 N–H and O–H groups in total. The van der Waals surface area contributed by atoms with E-state index in [9.17, 15) is 14.4 Å². The number of rotatable bonds is 5. The van der Waals surface area contributed by atoms with Gasteiger partial charge in [0.05, 0.1) is 19.2 Å². The quantitative estimate of drug-likeness (QED) is 0.610. The topological polar surface area (TPSA) is 72.9 Å². The van der Waals surface area contributed by atoms with Gasteiger partial charge in [0.15, 0.2) is 11.9 Å². The number of fused-ring (bicyclic) bond motifs is 1. The van der Waals surface area contributed by atoms with Crippen molar-refractivity contribution in [2.75, 3.05) is 13.7 Å². The first kappa shape index (κ1) is 17.7. The first-order chi connectivity index (χ1) is 12.5. The second kappa shape index (κ2) is 7.39. The number of ketones is 1. The second-order valence-electron chi connectivity index (χ2n) is 5.89. The number of hydrogen-bond donors (Lipinski definition) is 0. The molecule has 0 radical (unpaired) electrons. The first-order valence-corrected chi connectivity index (χ1v) is 8.33. The maximum absolute atomic E-state index is 12.8. The summed E-state index contributed by atoms with van der Waals surface area (Å²) in [5, 5.41) is 0. The number of methoxy groups -OCH3 is 1. The van der Waals surface area contributed by atoms with Gasteiger partial charge in [-0.25, -0.2) is 0 Å². The number of hydrogen-bond acceptors (Lipinski definition) is 5. The van der Waals surface area contributed by atoms with E-state index in [4.69, 9.17) is 9.47 Å². The highest BCUT2D eigenvalue weighted by atomic mass is 16.5. The summed E-state index contributed by atoms with van der Waals surface area (Å²) in [7, 11) is 1.54. The van der Waals surface area contributed by atoms with Crippen LogP contribution in [0.15, 0.2) is 48.5 Å². The Bertz CT molecular complexity index is 844. The Labute approximate surface area is 151 Å². The minimum Gasteiger partial charge on any atom is -0.497 e. The summed E-state index contributed by atoms with van der Waals surface area (Å²) in [5.74, 6) is -0.378. The van der Waals surface area contributed by atoms with E-state index in [1.54, 1.807) is 55.5 Å². The van der Waals surface area contributed by atoms with Crippen LogP contribution in [0.3, 0.4) is 0 Å². The van der Waals surface area contributed by atoms with E-state index in [0.717, 1.165) is 4.90 Å². The van der Waals surface area contributed by atoms with Crippen LogP contribution in [0.1, 0.15) is 34.1 Å². The van der Waals surface area contributed by atoms with Gasteiger partial charge in [-0.3, -0.25) is 19.3 Å². The van der Waals surface area contributed by atoms with E-state index in [-0.39, 0.29) is 17.9 Å². The van der Waals surface area contributed by atoms with Crippen molar-refractivity contribution in [1.29, 1.82) is 0 Å². The molecule has 1 aliphatic heterocycles. The van der Waals surface area contributed by atoms with Crippen LogP contribution in [0.2, 0.25) is 0 Å². The SMILES string of the molecule is CCC1Oc2ccccc2C(=O)N(CC(=O)c2ccc(OC)cc2)C1=O. The average Bonchev–Trinajstić information content (AvgIpc) is 2.78. The fourth-order valence-corrected chi connectivity index (χ4v) is 2.79. The molecular formula is C20H19NO5. The summed E-state index contributed by atoms with van der Waals surface area (Å²) in [5.41, 5.74) is 0.678. The molecule has 1 aliphatic rings. The monoisotopic (exact) mass is 353 g/mol. The summed E-state index contributed by atoms with van der Waals surface area (Å²) in [4.78, 5) is 39.1. The molecule has 2 aromatic carbocycles. The van der Waals surface area contributed by atoms with E-state index in [1.165, 1.54) is 7.11 Å². The van der Waals surface area contributed by atoms with Crippen molar-refractivity contribution in [3.63, 3.8) is 0 Å². The largest absolute Gasteiger partial charge is 0.497 e. The van der Waals surface area contributed by atoms with E-state index in [1.807, 2.05) is 0 Å². The molecule has 3 rings (SSSR count). The lowest BCUT2D eigenvalue weighted by molar-refractivity contribution is -0.135. The Morgan fingerprint density at radius 2 is 1.81 bits per heavy atom. The van der Waals surface area contributed by atoms with Crippen LogP contribution >= 0.6 is 0 Å². The lowest BCUT2D eigenvalue weighted by Gasteiger charge is -2.21. The smallest absolute Gasteiger partial charge is 0.270 e. The molecule has 134 valence electrons. The summed E-state index contributed by atoms with van der Waals surface area (Å²) < 4.78 is 10.8. The molecule has 0 saturated carbocycles. The number of benzene rings is 2. The van der Waals surface area contributed by atoms with Crippen LogP contribution in [0.5, 0.6) is 11.5 Å². The van der Waals surface area contributed by atoms with E-state index < -0.39 is 17.9 Å². The third-order valence-corrected chi connectivity index (χ3v) is 4.26. The third-order valence-electron chi connectivity index (χ3n) is 4.26. The van der Waals surface area contributed by atoms with Crippen molar-refractivity contribution >= 4 is 17.6 Å². The average molecular weight is 353 g/mol. The first-order valence-electron chi connectivity index (χ1n) is 8.33. The number of carbonyl (C=O) groups excluding carboxylic acids is 3. The van der Waals surface area contributed by atoms with Crippen molar-refractivity contribution in [2.24, 2.45) is 0 Å². The Balaban J connectivity index is 1.90. The lowest BCUT2D eigenvalue weighted by Crippen LogP contribution is -2.45. The zero-order valence-corrected chi connectivity index (χ0v) is 14.6. The Morgan fingerprint density at radius 1 is 1.12 bits per heavy atom. The molecule has 1 heterocycles. The molecule has 2 aromatic rings. The van der Waals surface area contributed by atoms with Crippen molar-refractivity contribution in [2.45, 2.75) is 19.4 Å². The summed E-state index contributed by atoms with van der Waals surface area (Å²) in [6.45, 7) is 1.46. The molecule has 0 spiro atoms. The number of carbonyl (C=O) groups is 3. The third kappa shape index (κ3) is 3.31. The van der Waals surface area contributed by atoms with E-state index >= 15 is 0 Å². The number of Topliss-reactive ketones (excluding diaryl/α,β-unsaturated/α-hetero) is 1. The highest BCUT2D eigenvalue weighted by molar-refractivity contribution is 6.12. The van der Waals surface area contributed by atoms with Gasteiger partial charge in [-0.2, -0.15) is 0 Å². The lowest BCUT2D eigenvalue weighted by atomic mass is 10.1. The van der Waals surface area contributed by atoms with Crippen LogP contribution in [0.25, 0.3) is 0 Å². The van der Waals surface area contributed by atoms with Gasteiger partial charge >= 0.3 is 0 Å². The number of ether oxygens (including phenoxy) is 2. The number of nitrogens with zero attached hydrogens (tertiary/aromatic N) is 1. The van der Waals surface area contributed by atoms with Crippen LogP contribution in [-0.2, 0) is 4.79 Å². The normalized spacial score (nSPS) is 16.5. The highest BCUT2D eigenvalue weighted by Gasteiger charge is 2.36. The summed E-state index contributed by atoms with van der Waals surface area (Å²) >= 11 is 0. The molecule has 0 aromatic heterocycles. The predicted octanol–water partition coefficient (Wildman–Crippen LogP) is 2.72. The Morgan fingerprint density at radius 3 is 2.46 bits per heavy atom. The fraction of sp³-hybridized carbons (Fsp3) is 0.250. The molecule has 0 aliphatic carbocycles. The standard InChI is InChI=1S/C20H19NO5/c1-3-17-20(24)21(19(23)15-6-4-5-7-18(15)26-17)12-16(22)13-8-10-14(25-2)11-9-13/h4-11,17H,3,12H2,1-2H3. The van der Waals surface area contributed by atoms with Gasteiger partial charge in [0.25, 0.3) is 11.8 Å². The van der Waals surface area contributed by atoms with E-state index in [2.05, 4.69) is 0 Å². The van der Waals surface area contributed by atoms with Crippen molar-refractivity contribution in [3.05, 3.63) is 59.7 Å². The van der Waals surface area contributed by atoms with Crippen molar-refractivity contribution < 1.29 is 23.9 Å². The maximum Gasteiger partial charge on any atom is 0.270 e. The summed E-state index contributed by atoms with van der Waals surface area (Å²) in [6, 6.07) is 13.2. The molecule has 0 fully saturated rings. The number of para-hydroxylation sites is 1. The Kier molecular flexibility index (Phi) is 5.02. The van der Waals surface area contributed by atoms with Gasteiger partial charge in [0, 0.05) is 5.56 Å². The van der Waals surface area contributed by atoms with Gasteiger partial charge in [-0.15, -0.1) is 0 Å². The molecule has 2 amide bonds. The van der Waals surface area contributed by atoms with Crippen molar-refractivity contribution in [1.82, 2.24) is 4.90 Å². The molecule has 6 heteroatoms. The molecule has 6 nitrogen and oxygen atoms in total. The molecular weight excluding hydrogens is 334 g/mol. The van der Waals surface area contributed by atoms with Crippen LogP contribution in [0.4, 0.5) is 0 Å². The van der Waals surface area contributed by atoms with E-state index in [0.29, 0.717) is 23.5 Å². The van der Waals surface area contributed by atoms with Crippen LogP contribution < -0.4 is 9.47 Å². The molecule has 1 unspecified atom stereocenters. The predicted molar refractivity (Wildman–Crippen MR) is 94.5 cm³/mol. The molecule has 1 atom stereocenters. The van der Waals surface area contributed by atoms with Gasteiger partial charge in [-0.05, 0) is 42.8 Å². The molecule has 0 saturated heterocycles. The van der Waals surface area contributed by atoms with Gasteiger partial charge in [-0.1, -0.05) is 19.1 Å².